The monoisotopic (exact) mass is 442 g/mol. The number of aryl methyl sites for hydroxylation is 3. The van der Waals surface area contributed by atoms with Crippen molar-refractivity contribution in [2.75, 3.05) is 17.3 Å². The van der Waals surface area contributed by atoms with Crippen LogP contribution >= 0.6 is 0 Å². The van der Waals surface area contributed by atoms with Crippen molar-refractivity contribution in [2.45, 2.75) is 39.7 Å². The van der Waals surface area contributed by atoms with Crippen LogP contribution in [0.15, 0.2) is 66.7 Å². The molecular formula is C28H30N2O3. The molecule has 0 aromatic heterocycles. The van der Waals surface area contributed by atoms with Crippen molar-refractivity contribution in [2.24, 2.45) is 5.92 Å². The smallest absolute Gasteiger partial charge is 0.229 e. The fourth-order valence-electron chi connectivity index (χ4n) is 4.50. The lowest BCUT2D eigenvalue weighted by atomic mass is 9.82. The maximum atomic E-state index is 13.6. The Morgan fingerprint density at radius 2 is 1.70 bits per heavy atom. The third kappa shape index (κ3) is 4.63. The topological polar surface area (TPSA) is 58.6 Å². The summed E-state index contributed by atoms with van der Waals surface area (Å²) < 4.78 is 5.64. The standard InChI is InChI=1S/C28H30N2O3/c1-18-9-13-22(14-10-18)30-26(31)16-15-24(27(30)23-7-5-6-8-25(23)33-4)28(32)29-21-12-11-19(2)20(3)17-21/h5-14,17,24,27H,15-16H2,1-4H3,(H,29,32)/t24-,27+/m0/s1. The number of rotatable bonds is 5. The normalized spacial score (nSPS) is 18.2. The van der Waals surface area contributed by atoms with Gasteiger partial charge in [0.2, 0.25) is 11.8 Å². The Balaban J connectivity index is 1.77. The van der Waals surface area contributed by atoms with Crippen LogP contribution in [0, 0.1) is 26.7 Å². The lowest BCUT2D eigenvalue weighted by Crippen LogP contribution is -2.47. The molecule has 2 amide bonds. The number of carbonyl (C=O) groups excluding carboxylic acids is 2. The molecule has 2 atom stereocenters. The number of anilines is 2. The molecule has 33 heavy (non-hydrogen) atoms. The fraction of sp³-hybridized carbons (Fsp3) is 0.286. The highest BCUT2D eigenvalue weighted by Gasteiger charge is 2.42. The van der Waals surface area contributed by atoms with Crippen LogP contribution in [0.4, 0.5) is 11.4 Å². The predicted octanol–water partition coefficient (Wildman–Crippen LogP) is 5.74. The zero-order chi connectivity index (χ0) is 23.5. The van der Waals surface area contributed by atoms with Gasteiger partial charge in [0.05, 0.1) is 19.1 Å². The Kier molecular flexibility index (Phi) is 6.50. The Morgan fingerprint density at radius 1 is 0.970 bits per heavy atom. The number of para-hydroxylation sites is 1. The second kappa shape index (κ2) is 9.49. The van der Waals surface area contributed by atoms with E-state index in [1.54, 1.807) is 12.0 Å². The van der Waals surface area contributed by atoms with Gasteiger partial charge in [-0.2, -0.15) is 0 Å². The second-order valence-corrected chi connectivity index (χ2v) is 8.72. The number of hydrogen-bond acceptors (Lipinski definition) is 3. The van der Waals surface area contributed by atoms with Crippen molar-refractivity contribution in [3.63, 3.8) is 0 Å². The Labute approximate surface area is 195 Å². The molecular weight excluding hydrogens is 412 g/mol. The van der Waals surface area contributed by atoms with Gasteiger partial charge in [0, 0.05) is 23.4 Å². The molecule has 0 saturated carbocycles. The molecule has 1 saturated heterocycles. The molecule has 1 aliphatic heterocycles. The van der Waals surface area contributed by atoms with E-state index >= 15 is 0 Å². The van der Waals surface area contributed by atoms with E-state index < -0.39 is 12.0 Å². The van der Waals surface area contributed by atoms with Gasteiger partial charge >= 0.3 is 0 Å². The molecule has 1 heterocycles. The summed E-state index contributed by atoms with van der Waals surface area (Å²) in [4.78, 5) is 28.6. The lowest BCUT2D eigenvalue weighted by molar-refractivity contribution is -0.125. The minimum atomic E-state index is -0.475. The van der Waals surface area contributed by atoms with Gasteiger partial charge in [-0.05, 0) is 68.7 Å². The predicted molar refractivity (Wildman–Crippen MR) is 132 cm³/mol. The molecule has 0 radical (unpaired) electrons. The lowest BCUT2D eigenvalue weighted by Gasteiger charge is -2.41. The molecule has 170 valence electrons. The van der Waals surface area contributed by atoms with Crippen molar-refractivity contribution in [3.8, 4) is 5.75 Å². The minimum Gasteiger partial charge on any atom is -0.496 e. The van der Waals surface area contributed by atoms with Crippen LogP contribution in [-0.4, -0.2) is 18.9 Å². The quantitative estimate of drug-likeness (QED) is 0.548. The number of ether oxygens (including phenoxy) is 1. The van der Waals surface area contributed by atoms with E-state index in [9.17, 15) is 9.59 Å². The maximum Gasteiger partial charge on any atom is 0.229 e. The summed E-state index contributed by atoms with van der Waals surface area (Å²) in [6.07, 6.45) is 0.783. The van der Waals surface area contributed by atoms with Gasteiger partial charge in [-0.25, -0.2) is 0 Å². The first-order valence-electron chi connectivity index (χ1n) is 11.3. The van der Waals surface area contributed by atoms with Crippen molar-refractivity contribution < 1.29 is 14.3 Å². The van der Waals surface area contributed by atoms with Crippen molar-refractivity contribution in [1.82, 2.24) is 0 Å². The summed E-state index contributed by atoms with van der Waals surface area (Å²) in [6, 6.07) is 20.9. The molecule has 0 bridgehead atoms. The van der Waals surface area contributed by atoms with Crippen LogP contribution in [0.2, 0.25) is 0 Å². The number of nitrogens with zero attached hydrogens (tertiary/aromatic N) is 1. The molecule has 1 N–H and O–H groups in total. The third-order valence-corrected chi connectivity index (χ3v) is 6.48. The molecule has 0 aliphatic carbocycles. The summed E-state index contributed by atoms with van der Waals surface area (Å²) in [6.45, 7) is 6.09. The van der Waals surface area contributed by atoms with Crippen molar-refractivity contribution in [1.29, 1.82) is 0 Å². The number of amides is 2. The first-order valence-corrected chi connectivity index (χ1v) is 11.3. The average molecular weight is 443 g/mol. The number of methoxy groups -OCH3 is 1. The number of piperidine rings is 1. The van der Waals surface area contributed by atoms with E-state index in [0.717, 1.165) is 28.1 Å². The fourth-order valence-corrected chi connectivity index (χ4v) is 4.50. The van der Waals surface area contributed by atoms with Crippen LogP contribution < -0.4 is 15.0 Å². The average Bonchev–Trinajstić information content (AvgIpc) is 2.82. The first-order chi connectivity index (χ1) is 15.9. The number of hydrogen-bond donors (Lipinski definition) is 1. The van der Waals surface area contributed by atoms with Crippen LogP contribution in [0.1, 0.15) is 41.1 Å². The van der Waals surface area contributed by atoms with Gasteiger partial charge in [0.15, 0.2) is 0 Å². The maximum absolute atomic E-state index is 13.6. The van der Waals surface area contributed by atoms with E-state index in [-0.39, 0.29) is 11.8 Å². The number of carbonyl (C=O) groups is 2. The van der Waals surface area contributed by atoms with E-state index in [0.29, 0.717) is 18.6 Å². The zero-order valence-corrected chi connectivity index (χ0v) is 19.6. The largest absolute Gasteiger partial charge is 0.496 e. The Morgan fingerprint density at radius 3 is 2.39 bits per heavy atom. The Bertz CT molecular complexity index is 1170. The van der Waals surface area contributed by atoms with E-state index in [2.05, 4.69) is 5.32 Å². The molecule has 3 aromatic rings. The third-order valence-electron chi connectivity index (χ3n) is 6.48. The van der Waals surface area contributed by atoms with Crippen LogP contribution in [0.5, 0.6) is 5.75 Å². The molecule has 1 aliphatic rings. The highest BCUT2D eigenvalue weighted by Crippen LogP contribution is 2.43. The van der Waals surface area contributed by atoms with Crippen molar-refractivity contribution >= 4 is 23.2 Å². The highest BCUT2D eigenvalue weighted by atomic mass is 16.5. The van der Waals surface area contributed by atoms with Gasteiger partial charge in [-0.3, -0.25) is 9.59 Å². The van der Waals surface area contributed by atoms with E-state index in [4.69, 9.17) is 4.74 Å². The zero-order valence-electron chi connectivity index (χ0n) is 19.6. The molecule has 5 nitrogen and oxygen atoms in total. The Hall–Kier alpha value is -3.60. The molecule has 4 rings (SSSR count). The van der Waals surface area contributed by atoms with Gasteiger partial charge in [-0.1, -0.05) is 42.0 Å². The van der Waals surface area contributed by atoms with Gasteiger partial charge < -0.3 is 15.0 Å². The summed E-state index contributed by atoms with van der Waals surface area (Å²) in [5, 5.41) is 3.10. The minimum absolute atomic E-state index is 0.00462. The highest BCUT2D eigenvalue weighted by molar-refractivity contribution is 6.00. The molecule has 0 unspecified atom stereocenters. The summed E-state index contributed by atoms with van der Waals surface area (Å²) in [7, 11) is 1.61. The SMILES string of the molecule is COc1ccccc1[C@@H]1[C@@H](C(=O)Nc2ccc(C)c(C)c2)CCC(=O)N1c1ccc(C)cc1. The molecule has 0 spiro atoms. The summed E-state index contributed by atoms with van der Waals surface area (Å²) in [5.74, 6) is 0.143. The van der Waals surface area contributed by atoms with Crippen LogP contribution in [-0.2, 0) is 9.59 Å². The van der Waals surface area contributed by atoms with Crippen LogP contribution in [0.3, 0.4) is 0 Å². The summed E-state index contributed by atoms with van der Waals surface area (Å²) in [5.41, 5.74) is 5.78. The van der Waals surface area contributed by atoms with Crippen LogP contribution in [0.25, 0.3) is 0 Å². The molecule has 1 fully saturated rings. The van der Waals surface area contributed by atoms with Gasteiger partial charge in [-0.15, -0.1) is 0 Å². The van der Waals surface area contributed by atoms with Gasteiger partial charge in [0.25, 0.3) is 0 Å². The van der Waals surface area contributed by atoms with Crippen molar-refractivity contribution in [3.05, 3.63) is 89.0 Å². The first kappa shape index (κ1) is 22.6. The van der Waals surface area contributed by atoms with Gasteiger partial charge in [0.1, 0.15) is 5.75 Å². The molecule has 3 aromatic carbocycles. The van der Waals surface area contributed by atoms with E-state index in [1.807, 2.05) is 87.5 Å². The van der Waals surface area contributed by atoms with E-state index in [1.165, 1.54) is 5.56 Å². The second-order valence-electron chi connectivity index (χ2n) is 8.72. The summed E-state index contributed by atoms with van der Waals surface area (Å²) >= 11 is 0. The number of benzene rings is 3. The molecule has 5 heteroatoms. The number of nitrogens with one attached hydrogen (secondary N) is 1.